The molecular weight excluding hydrogens is 225 g/mol. The Morgan fingerprint density at radius 1 is 1.10 bits per heavy atom. The van der Waals surface area contributed by atoms with Crippen LogP contribution in [0.4, 0.5) is 0 Å². The summed E-state index contributed by atoms with van der Waals surface area (Å²) < 4.78 is 18.6. The Hall–Kier alpha value is 0.920. The fourth-order valence-corrected chi connectivity index (χ4v) is 0. The van der Waals surface area contributed by atoms with Crippen LogP contribution in [0.5, 0.6) is 0 Å². The molecule has 0 aromatic carbocycles. The predicted molar refractivity (Wildman–Crippen MR) is 39.5 cm³/mol. The Kier molecular flexibility index (Phi) is 6.39. The van der Waals surface area contributed by atoms with Crippen molar-refractivity contribution < 1.29 is 23.8 Å². The molecule has 10 heavy (non-hydrogen) atoms. The lowest BCUT2D eigenvalue weighted by atomic mass is 12.0. The van der Waals surface area contributed by atoms with Crippen LogP contribution in [0.1, 0.15) is 0 Å². The molecule has 0 unspecified atom stereocenters. The highest BCUT2D eigenvalue weighted by Crippen LogP contribution is 2.52. The first-order chi connectivity index (χ1) is 4.00. The van der Waals surface area contributed by atoms with E-state index in [1.165, 1.54) is 6.66 Å². The summed E-state index contributed by atoms with van der Waals surface area (Å²) in [7, 11) is -4.64. The van der Waals surface area contributed by atoms with E-state index in [0.717, 1.165) is 0 Å². The number of rotatable bonds is 0. The first-order valence-electron chi connectivity index (χ1n) is 1.75. The Bertz CT molecular complexity index is 130. The highest BCUT2D eigenvalue weighted by Gasteiger charge is 2.00. The maximum atomic E-state index is 9.75. The second kappa shape index (κ2) is 4.73. The van der Waals surface area contributed by atoms with Crippen molar-refractivity contribution in [2.45, 2.75) is 0 Å². The van der Waals surface area contributed by atoms with Gasteiger partial charge < -0.3 is 14.7 Å². The molecule has 0 spiro atoms. The van der Waals surface area contributed by atoms with Gasteiger partial charge in [0.1, 0.15) is 0 Å². The van der Waals surface area contributed by atoms with Crippen LogP contribution in [-0.2, 0) is 9.13 Å². The zero-order valence-electron chi connectivity index (χ0n) is 4.81. The van der Waals surface area contributed by atoms with Crippen molar-refractivity contribution in [1.29, 1.82) is 0 Å². The molecule has 9 heteroatoms. The largest absolute Gasteiger partial charge is 0.466 e. The van der Waals surface area contributed by atoms with Crippen molar-refractivity contribution in [3.05, 3.63) is 0 Å². The van der Waals surface area contributed by atoms with Gasteiger partial charge in [0.2, 0.25) is 5.85 Å². The summed E-state index contributed by atoms with van der Waals surface area (Å²) in [5.74, 6) is -2.69. The SMILES string of the molecule is CP(=O)(Cl)Cl.O=P(O)(O)O. The van der Waals surface area contributed by atoms with Crippen LogP contribution in [0.15, 0.2) is 0 Å². The summed E-state index contributed by atoms with van der Waals surface area (Å²) in [6.45, 7) is 1.27. The van der Waals surface area contributed by atoms with Gasteiger partial charge in [-0.3, -0.25) is 4.57 Å². The lowest BCUT2D eigenvalue weighted by Crippen LogP contribution is -1.66. The molecule has 0 amide bonds. The Balaban J connectivity index is 0. The summed E-state index contributed by atoms with van der Waals surface area (Å²) in [5.41, 5.74) is 0. The molecule has 64 valence electrons. The lowest BCUT2D eigenvalue weighted by molar-refractivity contribution is 0.275. The first kappa shape index (κ1) is 13.5. The van der Waals surface area contributed by atoms with Crippen LogP contribution in [0, 0.1) is 0 Å². The van der Waals surface area contributed by atoms with E-state index in [-0.39, 0.29) is 0 Å². The number of halogens is 2. The van der Waals surface area contributed by atoms with Gasteiger partial charge in [-0.2, -0.15) is 0 Å². The standard InChI is InChI=1S/CH3Cl2OP.H3O4P/c2*1-5(2,3)4/h1H3;(H3,1,2,3,4). The van der Waals surface area contributed by atoms with E-state index in [4.69, 9.17) is 41.7 Å². The highest BCUT2D eigenvalue weighted by atomic mass is 35.9. The second-order valence-corrected chi connectivity index (χ2v) is 8.10. The average molecular weight is 231 g/mol. The summed E-state index contributed by atoms with van der Waals surface area (Å²) in [6.07, 6.45) is 0. The minimum atomic E-state index is -4.64. The number of phosphoric acid groups is 1. The minimum absolute atomic E-state index is 1.27. The third-order valence-electron chi connectivity index (χ3n) is 0. The van der Waals surface area contributed by atoms with Gasteiger partial charge in [-0.1, -0.05) is 0 Å². The van der Waals surface area contributed by atoms with Gasteiger partial charge in [0.15, 0.2) is 0 Å². The molecule has 0 heterocycles. The fourth-order valence-electron chi connectivity index (χ4n) is 0. The average Bonchev–Trinajstić information content (AvgIpc) is 1.12. The first-order valence-corrected chi connectivity index (χ1v) is 7.28. The molecule has 0 aliphatic carbocycles. The van der Waals surface area contributed by atoms with Gasteiger partial charge >= 0.3 is 7.82 Å². The van der Waals surface area contributed by atoms with Crippen molar-refractivity contribution in [1.82, 2.24) is 0 Å². The molecule has 0 fully saturated rings. The van der Waals surface area contributed by atoms with Crippen LogP contribution in [0.2, 0.25) is 0 Å². The van der Waals surface area contributed by atoms with Gasteiger partial charge in [0.05, 0.1) is 0 Å². The number of hydrogen-bond donors (Lipinski definition) is 3. The lowest BCUT2D eigenvalue weighted by Gasteiger charge is -1.82. The summed E-state index contributed by atoms with van der Waals surface area (Å²) in [6, 6.07) is 0. The topological polar surface area (TPSA) is 94.8 Å². The Labute approximate surface area is 67.2 Å². The minimum Gasteiger partial charge on any atom is -0.303 e. The third-order valence-corrected chi connectivity index (χ3v) is 0. The molecule has 5 nitrogen and oxygen atoms in total. The van der Waals surface area contributed by atoms with Crippen LogP contribution >= 0.6 is 36.2 Å². The molecule has 0 aliphatic heterocycles. The molecule has 0 saturated carbocycles. The zero-order chi connectivity index (χ0) is 9.00. The monoisotopic (exact) mass is 230 g/mol. The quantitative estimate of drug-likeness (QED) is 0.547. The van der Waals surface area contributed by atoms with Crippen LogP contribution in [-0.4, -0.2) is 21.3 Å². The Morgan fingerprint density at radius 2 is 1.10 bits per heavy atom. The highest BCUT2D eigenvalue weighted by molar-refractivity contribution is 8.08. The molecule has 0 bridgehead atoms. The molecule has 0 saturated heterocycles. The van der Waals surface area contributed by atoms with Crippen LogP contribution in [0.25, 0.3) is 0 Å². The molecule has 0 radical (unpaired) electrons. The molecular formula is CH6Cl2O5P2. The van der Waals surface area contributed by atoms with E-state index >= 15 is 0 Å². The van der Waals surface area contributed by atoms with E-state index < -0.39 is 13.7 Å². The molecule has 0 aromatic rings. The second-order valence-electron chi connectivity index (χ2n) is 1.24. The maximum Gasteiger partial charge on any atom is 0.466 e. The third kappa shape index (κ3) is 661. The van der Waals surface area contributed by atoms with Crippen molar-refractivity contribution >= 4 is 36.2 Å². The Morgan fingerprint density at radius 3 is 1.10 bits per heavy atom. The van der Waals surface area contributed by atoms with Gasteiger partial charge in [-0.15, -0.1) is 0 Å². The number of hydrogen-bond acceptors (Lipinski definition) is 2. The van der Waals surface area contributed by atoms with Crippen molar-refractivity contribution in [3.63, 3.8) is 0 Å². The van der Waals surface area contributed by atoms with Gasteiger partial charge in [-0.25, -0.2) is 4.57 Å². The summed E-state index contributed by atoms with van der Waals surface area (Å²) >= 11 is 9.70. The van der Waals surface area contributed by atoms with Crippen molar-refractivity contribution in [2.24, 2.45) is 0 Å². The van der Waals surface area contributed by atoms with Crippen molar-refractivity contribution in [3.8, 4) is 0 Å². The van der Waals surface area contributed by atoms with Crippen LogP contribution in [0.3, 0.4) is 0 Å². The summed E-state index contributed by atoms with van der Waals surface area (Å²) in [5, 5.41) is 0. The van der Waals surface area contributed by atoms with E-state index in [9.17, 15) is 4.57 Å². The van der Waals surface area contributed by atoms with Gasteiger partial charge in [0, 0.05) is 6.66 Å². The predicted octanol–water partition coefficient (Wildman–Crippen LogP) is 1.36. The van der Waals surface area contributed by atoms with E-state index in [1.807, 2.05) is 0 Å². The molecule has 0 rings (SSSR count). The van der Waals surface area contributed by atoms with Gasteiger partial charge in [-0.05, 0) is 22.5 Å². The van der Waals surface area contributed by atoms with E-state index in [0.29, 0.717) is 0 Å². The van der Waals surface area contributed by atoms with Crippen molar-refractivity contribution in [2.75, 3.05) is 6.66 Å². The fraction of sp³-hybridized carbons (Fsp3) is 1.00. The van der Waals surface area contributed by atoms with E-state index in [1.54, 1.807) is 0 Å². The maximum absolute atomic E-state index is 9.75. The normalized spacial score (nSPS) is 11.8. The summed E-state index contributed by atoms with van der Waals surface area (Å²) in [4.78, 5) is 21.6. The van der Waals surface area contributed by atoms with E-state index in [2.05, 4.69) is 0 Å². The molecule has 0 atom stereocenters. The van der Waals surface area contributed by atoms with Gasteiger partial charge in [0.25, 0.3) is 0 Å². The zero-order valence-corrected chi connectivity index (χ0v) is 8.11. The molecule has 0 aromatic heterocycles. The smallest absolute Gasteiger partial charge is 0.303 e. The van der Waals surface area contributed by atoms with Crippen LogP contribution < -0.4 is 0 Å². The molecule has 0 aliphatic rings. The molecule has 3 N–H and O–H groups in total.